The maximum atomic E-state index is 11.4. The molecule has 2 rings (SSSR count). The minimum atomic E-state index is -0.666. The summed E-state index contributed by atoms with van der Waals surface area (Å²) in [6, 6.07) is 1.15. The van der Waals surface area contributed by atoms with Crippen LogP contribution in [0.25, 0.3) is 0 Å². The average molecular weight is 322 g/mol. The Hall–Kier alpha value is -2.55. The molecule has 2 aromatic rings. The normalized spacial score (nSPS) is 10.3. The first-order valence-corrected chi connectivity index (χ1v) is 7.21. The lowest BCUT2D eigenvalue weighted by molar-refractivity contribution is -0.384. The molecule has 0 aromatic carbocycles. The highest BCUT2D eigenvalue weighted by Gasteiger charge is 2.19. The first-order valence-electron chi connectivity index (χ1n) is 6.39. The molecule has 0 aliphatic carbocycles. The summed E-state index contributed by atoms with van der Waals surface area (Å²) >= 11 is 1.58. The summed E-state index contributed by atoms with van der Waals surface area (Å²) < 4.78 is 4.52. The van der Waals surface area contributed by atoms with Crippen molar-refractivity contribution in [2.75, 3.05) is 19.0 Å². The number of methoxy groups -OCH3 is 1. The monoisotopic (exact) mass is 322 g/mol. The molecule has 0 bridgehead atoms. The smallest absolute Gasteiger partial charge is 0.339 e. The van der Waals surface area contributed by atoms with Gasteiger partial charge in [0, 0.05) is 36.3 Å². The van der Waals surface area contributed by atoms with Crippen molar-refractivity contribution < 1.29 is 14.5 Å². The molecule has 0 unspecified atom stereocenters. The molecule has 0 saturated heterocycles. The molecule has 0 saturated carbocycles. The number of aryl methyl sites for hydroxylation is 1. The summed E-state index contributed by atoms with van der Waals surface area (Å²) in [5.41, 5.74) is -0.228. The maximum absolute atomic E-state index is 11.4. The number of pyridine rings is 1. The number of anilines is 1. The number of carbonyl (C=O) groups is 1. The number of thiazole rings is 1. The molecule has 8 nitrogen and oxygen atoms in total. The van der Waals surface area contributed by atoms with Gasteiger partial charge in [-0.2, -0.15) is 0 Å². The van der Waals surface area contributed by atoms with Gasteiger partial charge in [-0.1, -0.05) is 0 Å². The van der Waals surface area contributed by atoms with Gasteiger partial charge in [0.15, 0.2) is 0 Å². The van der Waals surface area contributed by atoms with Crippen LogP contribution in [0, 0.1) is 17.0 Å². The first kappa shape index (κ1) is 15.8. The highest BCUT2D eigenvalue weighted by atomic mass is 32.1. The van der Waals surface area contributed by atoms with Crippen molar-refractivity contribution >= 4 is 28.8 Å². The molecule has 2 heterocycles. The Morgan fingerprint density at radius 3 is 2.82 bits per heavy atom. The fourth-order valence-electron chi connectivity index (χ4n) is 1.76. The number of hydrogen-bond acceptors (Lipinski definition) is 8. The van der Waals surface area contributed by atoms with Crippen LogP contribution >= 0.6 is 11.3 Å². The van der Waals surface area contributed by atoms with Gasteiger partial charge in [-0.05, 0) is 6.92 Å². The number of hydrogen-bond donors (Lipinski definition) is 1. The predicted molar refractivity (Wildman–Crippen MR) is 81.3 cm³/mol. The number of nitrogens with one attached hydrogen (secondary N) is 1. The second-order valence-electron chi connectivity index (χ2n) is 4.38. The van der Waals surface area contributed by atoms with Crippen molar-refractivity contribution in [2.45, 2.75) is 13.3 Å². The standard InChI is InChI=1S/C13H14N4O4S/c1-8-6-15-11(22-8)3-4-14-12-10(17(19)20)5-9(7-16-12)13(18)21-2/h5-7H,3-4H2,1-2H3,(H,14,16). The van der Waals surface area contributed by atoms with E-state index in [4.69, 9.17) is 0 Å². The summed E-state index contributed by atoms with van der Waals surface area (Å²) in [4.78, 5) is 31.1. The Labute approximate surface area is 130 Å². The minimum Gasteiger partial charge on any atom is -0.465 e. The van der Waals surface area contributed by atoms with Crippen molar-refractivity contribution in [2.24, 2.45) is 0 Å². The van der Waals surface area contributed by atoms with E-state index in [0.29, 0.717) is 13.0 Å². The zero-order valence-corrected chi connectivity index (χ0v) is 12.8. The van der Waals surface area contributed by atoms with E-state index in [0.717, 1.165) is 16.0 Å². The maximum Gasteiger partial charge on any atom is 0.339 e. The third kappa shape index (κ3) is 3.76. The summed E-state index contributed by atoms with van der Waals surface area (Å²) in [5, 5.41) is 14.9. The number of aromatic nitrogens is 2. The van der Waals surface area contributed by atoms with Crippen molar-refractivity contribution in [3.05, 3.63) is 44.0 Å². The first-order chi connectivity index (χ1) is 10.5. The van der Waals surface area contributed by atoms with Crippen molar-refractivity contribution in [1.29, 1.82) is 0 Å². The largest absolute Gasteiger partial charge is 0.465 e. The zero-order valence-electron chi connectivity index (χ0n) is 12.0. The summed E-state index contributed by atoms with van der Waals surface area (Å²) in [6.07, 6.45) is 3.66. The van der Waals surface area contributed by atoms with Gasteiger partial charge >= 0.3 is 11.7 Å². The summed E-state index contributed by atoms with van der Waals surface area (Å²) in [7, 11) is 1.20. The Balaban J connectivity index is 2.09. The fraction of sp³-hybridized carbons (Fsp3) is 0.308. The number of nitro groups is 1. The number of esters is 1. The molecule has 116 valence electrons. The minimum absolute atomic E-state index is 0.0373. The van der Waals surface area contributed by atoms with E-state index >= 15 is 0 Å². The molecule has 0 amide bonds. The van der Waals surface area contributed by atoms with Gasteiger partial charge in [-0.3, -0.25) is 10.1 Å². The molecule has 1 N–H and O–H groups in total. The second-order valence-corrected chi connectivity index (χ2v) is 5.70. The third-order valence-corrected chi connectivity index (χ3v) is 3.76. The molecule has 2 aromatic heterocycles. The number of ether oxygens (including phenoxy) is 1. The van der Waals surface area contributed by atoms with Crippen LogP contribution in [0.4, 0.5) is 11.5 Å². The molecule has 0 atom stereocenters. The quantitative estimate of drug-likeness (QED) is 0.493. The van der Waals surface area contributed by atoms with Crippen LogP contribution in [-0.4, -0.2) is 34.5 Å². The van der Waals surface area contributed by atoms with E-state index in [9.17, 15) is 14.9 Å². The Morgan fingerprint density at radius 2 is 2.23 bits per heavy atom. The number of nitrogens with zero attached hydrogens (tertiary/aromatic N) is 3. The van der Waals surface area contributed by atoms with Crippen LogP contribution in [0.3, 0.4) is 0 Å². The van der Waals surface area contributed by atoms with Gasteiger partial charge in [0.05, 0.1) is 22.6 Å². The predicted octanol–water partition coefficient (Wildman–Crippen LogP) is 2.20. The fourth-order valence-corrected chi connectivity index (χ4v) is 2.55. The highest BCUT2D eigenvalue weighted by molar-refractivity contribution is 7.11. The molecule has 0 aliphatic heterocycles. The molecule has 0 spiro atoms. The Bertz CT molecular complexity index is 701. The van der Waals surface area contributed by atoms with Crippen LogP contribution in [0.15, 0.2) is 18.5 Å². The van der Waals surface area contributed by atoms with Gasteiger partial charge in [0.2, 0.25) is 5.82 Å². The zero-order chi connectivity index (χ0) is 16.1. The van der Waals surface area contributed by atoms with Gasteiger partial charge in [-0.25, -0.2) is 14.8 Å². The van der Waals surface area contributed by atoms with Crippen LogP contribution in [0.2, 0.25) is 0 Å². The van der Waals surface area contributed by atoms with Crippen LogP contribution in [0.1, 0.15) is 20.2 Å². The lowest BCUT2D eigenvalue weighted by atomic mass is 10.2. The van der Waals surface area contributed by atoms with E-state index in [1.807, 2.05) is 6.92 Å². The second kappa shape index (κ2) is 6.94. The van der Waals surface area contributed by atoms with Gasteiger partial charge in [0.25, 0.3) is 0 Å². The van der Waals surface area contributed by atoms with Crippen LogP contribution < -0.4 is 5.32 Å². The molecule has 0 aliphatic rings. The van der Waals surface area contributed by atoms with Gasteiger partial charge in [0.1, 0.15) is 0 Å². The van der Waals surface area contributed by atoms with E-state index < -0.39 is 10.9 Å². The summed E-state index contributed by atoms with van der Waals surface area (Å²) in [6.45, 7) is 2.42. The third-order valence-electron chi connectivity index (χ3n) is 2.79. The molecule has 0 fully saturated rings. The van der Waals surface area contributed by atoms with E-state index in [1.165, 1.54) is 13.3 Å². The Kier molecular flexibility index (Phi) is 4.99. The lowest BCUT2D eigenvalue weighted by Crippen LogP contribution is -2.10. The van der Waals surface area contributed by atoms with Crippen LogP contribution in [0.5, 0.6) is 0 Å². The molecular weight excluding hydrogens is 308 g/mol. The molecule has 0 radical (unpaired) electrons. The van der Waals surface area contributed by atoms with Crippen molar-refractivity contribution in [3.8, 4) is 0 Å². The SMILES string of the molecule is COC(=O)c1cnc(NCCc2ncc(C)s2)c([N+](=O)[O-])c1. The average Bonchev–Trinajstić information content (AvgIpc) is 2.92. The van der Waals surface area contributed by atoms with Crippen molar-refractivity contribution in [1.82, 2.24) is 9.97 Å². The topological polar surface area (TPSA) is 107 Å². The van der Waals surface area contributed by atoms with Gasteiger partial charge < -0.3 is 10.1 Å². The lowest BCUT2D eigenvalue weighted by Gasteiger charge is -2.06. The van der Waals surface area contributed by atoms with E-state index in [2.05, 4.69) is 20.0 Å². The van der Waals surface area contributed by atoms with E-state index in [1.54, 1.807) is 17.5 Å². The molecular formula is C13H14N4O4S. The van der Waals surface area contributed by atoms with Gasteiger partial charge in [-0.15, -0.1) is 11.3 Å². The van der Waals surface area contributed by atoms with Crippen molar-refractivity contribution in [3.63, 3.8) is 0 Å². The number of carbonyl (C=O) groups excluding carboxylic acids is 1. The number of rotatable bonds is 6. The van der Waals surface area contributed by atoms with E-state index in [-0.39, 0.29) is 17.1 Å². The Morgan fingerprint density at radius 1 is 1.45 bits per heavy atom. The van der Waals surface area contributed by atoms with Crippen LogP contribution in [-0.2, 0) is 11.2 Å². The molecule has 9 heteroatoms. The highest BCUT2D eigenvalue weighted by Crippen LogP contribution is 2.23. The molecule has 22 heavy (non-hydrogen) atoms. The summed E-state index contributed by atoms with van der Waals surface area (Å²) in [5.74, 6) is -0.550.